The van der Waals surface area contributed by atoms with E-state index in [9.17, 15) is 0 Å². The molecule has 0 aliphatic rings. The van der Waals surface area contributed by atoms with Crippen molar-refractivity contribution in [1.82, 2.24) is 0 Å². The predicted molar refractivity (Wildman–Crippen MR) is 88.9 cm³/mol. The van der Waals surface area contributed by atoms with E-state index in [-0.39, 0.29) is 0 Å². The molecule has 0 amide bonds. The fourth-order valence-electron chi connectivity index (χ4n) is 1.93. The summed E-state index contributed by atoms with van der Waals surface area (Å²) in [5, 5.41) is 13.7. The highest BCUT2D eigenvalue weighted by atomic mass is 35.5. The van der Waals surface area contributed by atoms with E-state index in [1.54, 1.807) is 6.07 Å². The molecule has 2 aromatic carbocycles. The number of nitrogens with one attached hydrogen (secondary N) is 1. The molecule has 2 rings (SSSR count). The van der Waals surface area contributed by atoms with Crippen LogP contribution in [0.5, 0.6) is 0 Å². The summed E-state index contributed by atoms with van der Waals surface area (Å²) in [7, 11) is 0. The number of anilines is 1. The summed E-state index contributed by atoms with van der Waals surface area (Å²) in [4.78, 5) is 0. The Hall–Kier alpha value is -1.69. The molecule has 0 bridgehead atoms. The van der Waals surface area contributed by atoms with Crippen LogP contribution in [0.15, 0.2) is 42.5 Å². The second-order valence-electron chi connectivity index (χ2n) is 5.40. The van der Waals surface area contributed by atoms with Crippen LogP contribution >= 0.6 is 23.2 Å². The lowest BCUT2D eigenvalue weighted by Crippen LogP contribution is -2.13. The van der Waals surface area contributed by atoms with Crippen molar-refractivity contribution in [2.24, 2.45) is 0 Å². The molecule has 21 heavy (non-hydrogen) atoms. The number of nitriles is 1. The van der Waals surface area contributed by atoms with Gasteiger partial charge in [0.05, 0.1) is 11.5 Å². The van der Waals surface area contributed by atoms with Crippen molar-refractivity contribution in [3.8, 4) is 6.07 Å². The molecule has 0 spiro atoms. The number of benzene rings is 2. The lowest BCUT2D eigenvalue weighted by atomic mass is 9.86. The number of nitrogens with zero attached hydrogens (tertiary/aromatic N) is 1. The van der Waals surface area contributed by atoms with Gasteiger partial charge in [-0.2, -0.15) is 5.26 Å². The van der Waals surface area contributed by atoms with Gasteiger partial charge in [0.2, 0.25) is 0 Å². The van der Waals surface area contributed by atoms with E-state index in [2.05, 4.69) is 11.4 Å². The summed E-state index contributed by atoms with van der Waals surface area (Å²) in [6, 6.07) is 15.6. The summed E-state index contributed by atoms with van der Waals surface area (Å²) in [5.74, 6) is 0. The van der Waals surface area contributed by atoms with E-state index < -0.39 is 5.41 Å². The van der Waals surface area contributed by atoms with Crippen LogP contribution in [0.25, 0.3) is 0 Å². The molecule has 0 atom stereocenters. The van der Waals surface area contributed by atoms with Crippen LogP contribution in [0, 0.1) is 11.3 Å². The van der Waals surface area contributed by atoms with Crippen molar-refractivity contribution in [2.45, 2.75) is 25.8 Å². The first-order valence-corrected chi connectivity index (χ1v) is 7.37. The molecule has 2 aromatic rings. The van der Waals surface area contributed by atoms with Crippen molar-refractivity contribution in [3.05, 3.63) is 63.6 Å². The van der Waals surface area contributed by atoms with Gasteiger partial charge in [-0.25, -0.2) is 0 Å². The topological polar surface area (TPSA) is 35.8 Å². The molecule has 0 aromatic heterocycles. The van der Waals surface area contributed by atoms with E-state index in [1.165, 1.54) is 0 Å². The first-order valence-electron chi connectivity index (χ1n) is 6.62. The third-order valence-corrected chi connectivity index (χ3v) is 3.97. The molecule has 0 saturated carbocycles. The molecular formula is C17H16Cl2N2. The van der Waals surface area contributed by atoms with Gasteiger partial charge in [0.25, 0.3) is 0 Å². The Morgan fingerprint density at radius 3 is 2.33 bits per heavy atom. The van der Waals surface area contributed by atoms with Gasteiger partial charge in [-0.1, -0.05) is 41.4 Å². The molecule has 0 unspecified atom stereocenters. The van der Waals surface area contributed by atoms with E-state index >= 15 is 0 Å². The van der Waals surface area contributed by atoms with Gasteiger partial charge in [-0.15, -0.1) is 0 Å². The van der Waals surface area contributed by atoms with Crippen LogP contribution in [0.3, 0.4) is 0 Å². The van der Waals surface area contributed by atoms with Crippen molar-refractivity contribution >= 4 is 28.9 Å². The Kier molecular flexibility index (Phi) is 4.77. The fourth-order valence-corrected chi connectivity index (χ4v) is 2.41. The largest absolute Gasteiger partial charge is 0.381 e. The van der Waals surface area contributed by atoms with Crippen molar-refractivity contribution in [1.29, 1.82) is 5.26 Å². The number of hydrogen-bond acceptors (Lipinski definition) is 2. The monoisotopic (exact) mass is 318 g/mol. The molecule has 0 aliphatic carbocycles. The average Bonchev–Trinajstić information content (AvgIpc) is 2.47. The van der Waals surface area contributed by atoms with E-state index in [1.807, 2.05) is 50.2 Å². The first-order chi connectivity index (χ1) is 9.92. The number of halogens is 2. The first kappa shape index (κ1) is 15.7. The molecule has 4 heteroatoms. The van der Waals surface area contributed by atoms with Crippen LogP contribution in [-0.4, -0.2) is 0 Å². The molecule has 0 fully saturated rings. The third-order valence-electron chi connectivity index (χ3n) is 3.38. The minimum Gasteiger partial charge on any atom is -0.381 e. The average molecular weight is 319 g/mol. The van der Waals surface area contributed by atoms with Crippen molar-refractivity contribution < 1.29 is 0 Å². The zero-order chi connectivity index (χ0) is 15.5. The Morgan fingerprint density at radius 2 is 1.76 bits per heavy atom. The summed E-state index contributed by atoms with van der Waals surface area (Å²) in [6.07, 6.45) is 0. The minimum atomic E-state index is -0.474. The van der Waals surface area contributed by atoms with Crippen LogP contribution in [0.2, 0.25) is 10.0 Å². The van der Waals surface area contributed by atoms with Gasteiger partial charge >= 0.3 is 0 Å². The number of rotatable bonds is 4. The number of hydrogen-bond donors (Lipinski definition) is 1. The zero-order valence-electron chi connectivity index (χ0n) is 12.0. The maximum absolute atomic E-state index is 9.13. The van der Waals surface area contributed by atoms with E-state index in [0.29, 0.717) is 16.6 Å². The highest BCUT2D eigenvalue weighted by Crippen LogP contribution is 2.25. The maximum Gasteiger partial charge on any atom is 0.0766 e. The highest BCUT2D eigenvalue weighted by Gasteiger charge is 2.18. The standard InChI is InChI=1S/C17H16Cl2N2/c1-17(2,11-20)13-4-7-15(8-5-13)21-10-12-3-6-14(18)9-16(12)19/h3-9,21H,10H2,1-2H3. The highest BCUT2D eigenvalue weighted by molar-refractivity contribution is 6.35. The van der Waals surface area contributed by atoms with E-state index in [4.69, 9.17) is 28.5 Å². The predicted octanol–water partition coefficient (Wildman–Crippen LogP) is 5.41. The zero-order valence-corrected chi connectivity index (χ0v) is 13.5. The second-order valence-corrected chi connectivity index (χ2v) is 6.25. The normalized spacial score (nSPS) is 11.0. The summed E-state index contributed by atoms with van der Waals surface area (Å²) < 4.78 is 0. The van der Waals surface area contributed by atoms with Crippen molar-refractivity contribution in [2.75, 3.05) is 5.32 Å². The summed E-state index contributed by atoms with van der Waals surface area (Å²) in [6.45, 7) is 4.43. The van der Waals surface area contributed by atoms with Gasteiger partial charge in [0.15, 0.2) is 0 Å². The Balaban J connectivity index is 2.06. The fraction of sp³-hybridized carbons (Fsp3) is 0.235. The molecule has 108 valence electrons. The molecule has 0 aliphatic heterocycles. The van der Waals surface area contributed by atoms with Crippen LogP contribution in [-0.2, 0) is 12.0 Å². The van der Waals surface area contributed by atoms with Crippen LogP contribution < -0.4 is 5.32 Å². The molecule has 0 saturated heterocycles. The lowest BCUT2D eigenvalue weighted by Gasteiger charge is -2.16. The smallest absolute Gasteiger partial charge is 0.0766 e. The summed E-state index contributed by atoms with van der Waals surface area (Å²) >= 11 is 12.0. The Morgan fingerprint density at radius 1 is 1.10 bits per heavy atom. The van der Waals surface area contributed by atoms with Crippen molar-refractivity contribution in [3.63, 3.8) is 0 Å². The Bertz CT molecular complexity index is 670. The Labute approximate surface area is 135 Å². The third kappa shape index (κ3) is 3.91. The lowest BCUT2D eigenvalue weighted by molar-refractivity contribution is 0.687. The van der Waals surface area contributed by atoms with E-state index in [0.717, 1.165) is 16.8 Å². The molecule has 0 heterocycles. The summed E-state index contributed by atoms with van der Waals surface area (Å²) in [5.41, 5.74) is 2.50. The second kappa shape index (κ2) is 6.39. The van der Waals surface area contributed by atoms with Gasteiger partial charge in [-0.3, -0.25) is 0 Å². The molecule has 1 N–H and O–H groups in total. The van der Waals surface area contributed by atoms with Gasteiger partial charge in [0.1, 0.15) is 0 Å². The molecular weight excluding hydrogens is 303 g/mol. The minimum absolute atomic E-state index is 0.474. The molecule has 2 nitrogen and oxygen atoms in total. The quantitative estimate of drug-likeness (QED) is 0.818. The van der Waals surface area contributed by atoms with Crippen LogP contribution in [0.4, 0.5) is 5.69 Å². The maximum atomic E-state index is 9.13. The van der Waals surface area contributed by atoms with Gasteiger partial charge in [-0.05, 0) is 49.2 Å². The SMILES string of the molecule is CC(C)(C#N)c1ccc(NCc2ccc(Cl)cc2Cl)cc1. The van der Waals surface area contributed by atoms with Gasteiger partial charge in [0, 0.05) is 22.3 Å². The van der Waals surface area contributed by atoms with Crippen LogP contribution in [0.1, 0.15) is 25.0 Å². The van der Waals surface area contributed by atoms with Gasteiger partial charge < -0.3 is 5.32 Å². The molecule has 0 radical (unpaired) electrons.